The lowest BCUT2D eigenvalue weighted by molar-refractivity contribution is 0.305. The average Bonchev–Trinajstić information content (AvgIpc) is 2.05. The molecule has 4 heteroatoms. The van der Waals surface area contributed by atoms with Crippen LogP contribution in [0.15, 0.2) is 12.3 Å². The fourth-order valence-electron chi connectivity index (χ4n) is 0.773. The van der Waals surface area contributed by atoms with Crippen molar-refractivity contribution in [3.05, 3.63) is 18.1 Å². The molecule has 0 amide bonds. The highest BCUT2D eigenvalue weighted by molar-refractivity contribution is 5.07. The molecule has 1 aromatic heterocycles. The molecule has 0 fully saturated rings. The van der Waals surface area contributed by atoms with E-state index in [9.17, 15) is 0 Å². The van der Waals surface area contributed by atoms with E-state index in [1.807, 2.05) is 14.0 Å². The number of ether oxygens (including phenoxy) is 1. The fourth-order valence-corrected chi connectivity index (χ4v) is 0.773. The molecule has 0 unspecified atom stereocenters. The molecule has 4 nitrogen and oxygen atoms in total. The van der Waals surface area contributed by atoms with E-state index in [2.05, 4.69) is 15.3 Å². The SMILES string of the molecule is CNCCOc1ccnc(C)n1. The Morgan fingerprint density at radius 3 is 3.08 bits per heavy atom. The van der Waals surface area contributed by atoms with Crippen molar-refractivity contribution in [3.8, 4) is 5.88 Å². The van der Waals surface area contributed by atoms with Gasteiger partial charge >= 0.3 is 0 Å². The summed E-state index contributed by atoms with van der Waals surface area (Å²) in [6.07, 6.45) is 1.69. The molecule has 0 saturated heterocycles. The topological polar surface area (TPSA) is 47.0 Å². The van der Waals surface area contributed by atoms with E-state index >= 15 is 0 Å². The monoisotopic (exact) mass is 167 g/mol. The van der Waals surface area contributed by atoms with Crippen LogP contribution >= 0.6 is 0 Å². The van der Waals surface area contributed by atoms with E-state index in [1.54, 1.807) is 12.3 Å². The van der Waals surface area contributed by atoms with E-state index in [0.717, 1.165) is 12.4 Å². The van der Waals surface area contributed by atoms with Gasteiger partial charge in [0.2, 0.25) is 5.88 Å². The van der Waals surface area contributed by atoms with Gasteiger partial charge in [0, 0.05) is 18.8 Å². The van der Waals surface area contributed by atoms with E-state index < -0.39 is 0 Å². The Hall–Kier alpha value is -1.16. The second-order valence-electron chi connectivity index (χ2n) is 2.39. The van der Waals surface area contributed by atoms with Crippen molar-refractivity contribution in [1.29, 1.82) is 0 Å². The van der Waals surface area contributed by atoms with Crippen LogP contribution in [0.5, 0.6) is 5.88 Å². The van der Waals surface area contributed by atoms with Gasteiger partial charge in [-0.3, -0.25) is 0 Å². The molecule has 0 aromatic carbocycles. The number of hydrogen-bond donors (Lipinski definition) is 1. The first-order valence-corrected chi connectivity index (χ1v) is 3.90. The Morgan fingerprint density at radius 1 is 1.58 bits per heavy atom. The number of nitrogens with one attached hydrogen (secondary N) is 1. The van der Waals surface area contributed by atoms with Crippen LogP contribution in [0.2, 0.25) is 0 Å². The summed E-state index contributed by atoms with van der Waals surface area (Å²) in [5.41, 5.74) is 0. The lowest BCUT2D eigenvalue weighted by Gasteiger charge is -2.03. The molecule has 0 saturated carbocycles. The van der Waals surface area contributed by atoms with Crippen molar-refractivity contribution in [2.24, 2.45) is 0 Å². The largest absolute Gasteiger partial charge is 0.476 e. The van der Waals surface area contributed by atoms with E-state index in [0.29, 0.717) is 12.5 Å². The van der Waals surface area contributed by atoms with Crippen LogP contribution in [-0.2, 0) is 0 Å². The Labute approximate surface area is 72.0 Å². The van der Waals surface area contributed by atoms with Gasteiger partial charge in [0.15, 0.2) is 0 Å². The molecular formula is C8H13N3O. The summed E-state index contributed by atoms with van der Waals surface area (Å²) in [6, 6.07) is 1.75. The van der Waals surface area contributed by atoms with Crippen LogP contribution in [0, 0.1) is 6.92 Å². The van der Waals surface area contributed by atoms with Crippen molar-refractivity contribution in [2.75, 3.05) is 20.2 Å². The van der Waals surface area contributed by atoms with Gasteiger partial charge in [0.25, 0.3) is 0 Å². The van der Waals surface area contributed by atoms with Crippen LogP contribution < -0.4 is 10.1 Å². The van der Waals surface area contributed by atoms with Crippen LogP contribution in [-0.4, -0.2) is 30.2 Å². The molecule has 0 radical (unpaired) electrons. The smallest absolute Gasteiger partial charge is 0.216 e. The number of rotatable bonds is 4. The first-order chi connectivity index (χ1) is 5.83. The Kier molecular flexibility index (Phi) is 3.47. The first kappa shape index (κ1) is 8.93. The highest BCUT2D eigenvalue weighted by Crippen LogP contribution is 2.03. The maximum Gasteiger partial charge on any atom is 0.216 e. The molecule has 1 N–H and O–H groups in total. The molecule has 0 bridgehead atoms. The zero-order valence-corrected chi connectivity index (χ0v) is 7.37. The molecule has 0 aliphatic carbocycles. The highest BCUT2D eigenvalue weighted by Gasteiger charge is 1.94. The number of likely N-dealkylation sites (N-methyl/N-ethyl adjacent to an activating group) is 1. The van der Waals surface area contributed by atoms with Gasteiger partial charge < -0.3 is 10.1 Å². The van der Waals surface area contributed by atoms with Gasteiger partial charge in [-0.2, -0.15) is 4.98 Å². The molecular weight excluding hydrogens is 154 g/mol. The van der Waals surface area contributed by atoms with Gasteiger partial charge in [-0.05, 0) is 14.0 Å². The van der Waals surface area contributed by atoms with Crippen LogP contribution in [0.4, 0.5) is 0 Å². The third kappa shape index (κ3) is 2.84. The second kappa shape index (κ2) is 4.66. The van der Waals surface area contributed by atoms with Crippen LogP contribution in [0.25, 0.3) is 0 Å². The molecule has 1 aromatic rings. The zero-order valence-electron chi connectivity index (χ0n) is 7.37. The maximum atomic E-state index is 5.31. The third-order valence-electron chi connectivity index (χ3n) is 1.35. The summed E-state index contributed by atoms with van der Waals surface area (Å²) < 4.78 is 5.31. The fraction of sp³-hybridized carbons (Fsp3) is 0.500. The summed E-state index contributed by atoms with van der Waals surface area (Å²) >= 11 is 0. The minimum absolute atomic E-state index is 0.632. The van der Waals surface area contributed by atoms with E-state index in [-0.39, 0.29) is 0 Å². The van der Waals surface area contributed by atoms with Gasteiger partial charge in [-0.1, -0.05) is 0 Å². The molecule has 0 aliphatic rings. The predicted molar refractivity (Wildman–Crippen MR) is 46.2 cm³/mol. The molecule has 66 valence electrons. The van der Waals surface area contributed by atoms with Gasteiger partial charge in [0.05, 0.1) is 0 Å². The lowest BCUT2D eigenvalue weighted by Crippen LogP contribution is -2.16. The minimum atomic E-state index is 0.632. The Morgan fingerprint density at radius 2 is 2.42 bits per heavy atom. The van der Waals surface area contributed by atoms with Crippen LogP contribution in [0.3, 0.4) is 0 Å². The van der Waals surface area contributed by atoms with Crippen molar-refractivity contribution in [2.45, 2.75) is 6.92 Å². The molecule has 1 rings (SSSR count). The van der Waals surface area contributed by atoms with Crippen molar-refractivity contribution in [3.63, 3.8) is 0 Å². The summed E-state index contributed by atoms with van der Waals surface area (Å²) in [5.74, 6) is 1.37. The minimum Gasteiger partial charge on any atom is -0.476 e. The standard InChI is InChI=1S/C8H13N3O/c1-7-10-4-3-8(11-7)12-6-5-9-2/h3-4,9H,5-6H2,1-2H3. The molecule has 0 spiro atoms. The quantitative estimate of drug-likeness (QED) is 0.659. The number of aryl methyl sites for hydroxylation is 1. The molecule has 12 heavy (non-hydrogen) atoms. The van der Waals surface area contributed by atoms with Crippen LogP contribution in [0.1, 0.15) is 5.82 Å². The average molecular weight is 167 g/mol. The van der Waals surface area contributed by atoms with E-state index in [4.69, 9.17) is 4.74 Å². The molecule has 1 heterocycles. The summed E-state index contributed by atoms with van der Waals surface area (Å²) in [6.45, 7) is 3.29. The van der Waals surface area contributed by atoms with Crippen molar-refractivity contribution < 1.29 is 4.74 Å². The number of nitrogens with zero attached hydrogens (tertiary/aromatic N) is 2. The summed E-state index contributed by atoms with van der Waals surface area (Å²) in [4.78, 5) is 8.05. The van der Waals surface area contributed by atoms with Crippen molar-refractivity contribution >= 4 is 0 Å². The van der Waals surface area contributed by atoms with Gasteiger partial charge in [0.1, 0.15) is 12.4 Å². The van der Waals surface area contributed by atoms with E-state index in [1.165, 1.54) is 0 Å². The van der Waals surface area contributed by atoms with Gasteiger partial charge in [-0.15, -0.1) is 0 Å². The number of aromatic nitrogens is 2. The summed E-state index contributed by atoms with van der Waals surface area (Å²) in [5, 5.41) is 2.98. The normalized spacial score (nSPS) is 9.83. The summed E-state index contributed by atoms with van der Waals surface area (Å²) in [7, 11) is 1.88. The van der Waals surface area contributed by atoms with Crippen molar-refractivity contribution in [1.82, 2.24) is 15.3 Å². The lowest BCUT2D eigenvalue weighted by atomic mass is 10.6. The molecule has 0 atom stereocenters. The molecule has 0 aliphatic heterocycles. The second-order valence-corrected chi connectivity index (χ2v) is 2.39. The number of hydrogen-bond acceptors (Lipinski definition) is 4. The Balaban J connectivity index is 2.41. The third-order valence-corrected chi connectivity index (χ3v) is 1.35. The van der Waals surface area contributed by atoms with Gasteiger partial charge in [-0.25, -0.2) is 4.98 Å². The maximum absolute atomic E-state index is 5.31. The first-order valence-electron chi connectivity index (χ1n) is 3.90. The zero-order chi connectivity index (χ0) is 8.81. The predicted octanol–water partition coefficient (Wildman–Crippen LogP) is 0.383. The Bertz CT molecular complexity index is 239. The highest BCUT2D eigenvalue weighted by atomic mass is 16.5.